The summed E-state index contributed by atoms with van der Waals surface area (Å²) in [5, 5.41) is 30.4. The number of fused-ring (bicyclic) bond motifs is 3. The fourth-order valence-electron chi connectivity index (χ4n) is 10.8. The molecule has 354 valence electrons. The summed E-state index contributed by atoms with van der Waals surface area (Å²) in [6, 6.07) is 8.71. The third kappa shape index (κ3) is 10.8. The second-order valence-corrected chi connectivity index (χ2v) is 18.9. The summed E-state index contributed by atoms with van der Waals surface area (Å²) >= 11 is 0. The second kappa shape index (κ2) is 22.3. The number of benzene rings is 2. The van der Waals surface area contributed by atoms with Gasteiger partial charge in [-0.25, -0.2) is 19.2 Å². The van der Waals surface area contributed by atoms with Gasteiger partial charge in [-0.15, -0.1) is 0 Å². The van der Waals surface area contributed by atoms with Gasteiger partial charge in [-0.2, -0.15) is 0 Å². The van der Waals surface area contributed by atoms with E-state index in [4.69, 9.17) is 19.4 Å². The van der Waals surface area contributed by atoms with Gasteiger partial charge in [0.15, 0.2) is 0 Å². The number of nitro groups is 1. The zero-order valence-electron chi connectivity index (χ0n) is 39.1. The molecule has 2 aromatic carbocycles. The van der Waals surface area contributed by atoms with Gasteiger partial charge in [-0.1, -0.05) is 124 Å². The third-order valence-corrected chi connectivity index (χ3v) is 14.8. The van der Waals surface area contributed by atoms with Crippen LogP contribution in [0.2, 0.25) is 0 Å². The Hall–Kier alpha value is -5.60. The van der Waals surface area contributed by atoms with Crippen molar-refractivity contribution in [2.24, 2.45) is 44.3 Å². The molecule has 0 atom stereocenters. The molecule has 0 aliphatic heterocycles. The lowest BCUT2D eigenvalue weighted by atomic mass is 9.73. The quantitative estimate of drug-likeness (QED) is 0.0717. The summed E-state index contributed by atoms with van der Waals surface area (Å²) in [6.07, 6.45) is 18.4. The summed E-state index contributed by atoms with van der Waals surface area (Å²) in [4.78, 5) is 87.9. The number of nitro benzene ring substituents is 1. The molecule has 0 heterocycles. The van der Waals surface area contributed by atoms with Gasteiger partial charge >= 0.3 is 23.9 Å². The van der Waals surface area contributed by atoms with Gasteiger partial charge < -0.3 is 19.4 Å². The van der Waals surface area contributed by atoms with Gasteiger partial charge in [0.1, 0.15) is 22.8 Å². The number of carbonyl (C=O) groups is 4. The van der Waals surface area contributed by atoms with E-state index in [2.05, 4.69) is 20.6 Å². The predicted octanol–water partition coefficient (Wildman–Crippen LogP) is 11.3. The molecule has 0 N–H and O–H groups in total. The first-order valence-corrected chi connectivity index (χ1v) is 24.5. The van der Waals surface area contributed by atoms with Crippen LogP contribution >= 0.6 is 0 Å². The van der Waals surface area contributed by atoms with E-state index in [1.807, 2.05) is 26.0 Å². The minimum absolute atomic E-state index is 0.0306. The number of oxime groups is 4. The Balaban J connectivity index is 1.29. The molecular formula is C51H65N5O10. The zero-order chi connectivity index (χ0) is 46.8. The van der Waals surface area contributed by atoms with E-state index >= 15 is 0 Å². The van der Waals surface area contributed by atoms with E-state index in [0.29, 0.717) is 60.8 Å². The van der Waals surface area contributed by atoms with Gasteiger partial charge in [-0.05, 0) is 107 Å². The predicted molar refractivity (Wildman–Crippen MR) is 250 cm³/mol. The molecule has 0 bridgehead atoms. The standard InChI is InChI=1S/C51H65N5O10/c1-5-51(6-2)41-29-38(45(54-65-49(59)36-23-15-9-16-24-36)32(3)52-63-47(57)34-19-11-7-12-20-34)27-28-40(41)44-42(51)30-39(31-43(44)56(61)62)46(55-66-50(60)37-25-17-10-18-26-37)33(4)53-64-48(58)35-21-13-8-14-22-35/h27-31,34-37H,5-26H2,1-4H3/b52-32+,53-33+,54-45+,55-46+. The van der Waals surface area contributed by atoms with Crippen LogP contribution in [0.1, 0.15) is 191 Å². The first kappa shape index (κ1) is 48.3. The van der Waals surface area contributed by atoms with Gasteiger partial charge in [0.2, 0.25) is 0 Å². The monoisotopic (exact) mass is 907 g/mol. The summed E-state index contributed by atoms with van der Waals surface area (Å²) in [5.41, 5.74) is 2.88. The fraction of sp³-hybridized carbons (Fsp3) is 0.608. The van der Waals surface area contributed by atoms with E-state index in [-0.39, 0.29) is 57.8 Å². The first-order valence-electron chi connectivity index (χ1n) is 24.5. The average molecular weight is 908 g/mol. The molecule has 5 aliphatic carbocycles. The second-order valence-electron chi connectivity index (χ2n) is 18.9. The van der Waals surface area contributed by atoms with Crippen LogP contribution < -0.4 is 0 Å². The van der Waals surface area contributed by atoms with Crippen molar-refractivity contribution < 1.29 is 43.5 Å². The molecular weight excluding hydrogens is 843 g/mol. The maximum atomic E-state index is 13.3. The van der Waals surface area contributed by atoms with Crippen LogP contribution in [0.25, 0.3) is 11.1 Å². The van der Waals surface area contributed by atoms with E-state index in [1.165, 1.54) is 6.07 Å². The van der Waals surface area contributed by atoms with E-state index < -0.39 is 34.2 Å². The molecule has 5 aliphatic rings. The van der Waals surface area contributed by atoms with Crippen molar-refractivity contribution >= 4 is 52.4 Å². The number of hydrogen-bond acceptors (Lipinski definition) is 14. The Bertz CT molecular complexity index is 2270. The number of nitrogens with zero attached hydrogens (tertiary/aromatic N) is 5. The third-order valence-electron chi connectivity index (χ3n) is 14.8. The lowest BCUT2D eigenvalue weighted by Gasteiger charge is -2.30. The molecule has 2 aromatic rings. The lowest BCUT2D eigenvalue weighted by Crippen LogP contribution is -2.25. The molecule has 66 heavy (non-hydrogen) atoms. The molecule has 0 saturated heterocycles. The van der Waals surface area contributed by atoms with Crippen molar-refractivity contribution in [1.29, 1.82) is 0 Å². The molecule has 4 saturated carbocycles. The van der Waals surface area contributed by atoms with Crippen LogP contribution in [-0.2, 0) is 43.9 Å². The van der Waals surface area contributed by atoms with Gasteiger partial charge in [-0.3, -0.25) is 10.1 Å². The SMILES string of the molecule is CCC1(CC)c2cc(C(=N/OC(=O)C3CCCCC3)/C(C)=N/OC(=O)C3CCCCC3)ccc2-c2c([N+](=O)[O-])cc(C(=N/OC(=O)C3CCCCC3)/C(C)=N/OC(=O)C3CCCCC3)cc21. The average Bonchev–Trinajstić information content (AvgIpc) is 3.64. The summed E-state index contributed by atoms with van der Waals surface area (Å²) in [6.45, 7) is 7.26. The van der Waals surface area contributed by atoms with Gasteiger partial charge in [0, 0.05) is 22.6 Å². The van der Waals surface area contributed by atoms with Crippen molar-refractivity contribution in [3.8, 4) is 11.1 Å². The molecule has 0 amide bonds. The lowest BCUT2D eigenvalue weighted by molar-refractivity contribution is -0.384. The molecule has 15 heteroatoms. The fourth-order valence-corrected chi connectivity index (χ4v) is 10.8. The summed E-state index contributed by atoms with van der Waals surface area (Å²) < 4.78 is 0. The number of rotatable bonds is 15. The first-order chi connectivity index (χ1) is 31.9. The van der Waals surface area contributed by atoms with Crippen LogP contribution in [0.4, 0.5) is 5.69 Å². The highest BCUT2D eigenvalue weighted by Crippen LogP contribution is 2.56. The minimum atomic E-state index is -0.786. The van der Waals surface area contributed by atoms with Gasteiger partial charge in [0.05, 0.1) is 34.2 Å². The van der Waals surface area contributed by atoms with Crippen LogP contribution in [0, 0.1) is 33.8 Å². The van der Waals surface area contributed by atoms with Crippen molar-refractivity contribution in [3.63, 3.8) is 0 Å². The maximum Gasteiger partial charge on any atom is 0.338 e. The zero-order valence-corrected chi connectivity index (χ0v) is 39.1. The number of carbonyl (C=O) groups excluding carboxylic acids is 4. The molecule has 0 aromatic heterocycles. The molecule has 7 rings (SSSR count). The summed E-state index contributed by atoms with van der Waals surface area (Å²) in [5.74, 6) is -2.90. The van der Waals surface area contributed by atoms with Crippen LogP contribution in [0.5, 0.6) is 0 Å². The Labute approximate surface area is 387 Å². The highest BCUT2D eigenvalue weighted by atomic mass is 16.7. The van der Waals surface area contributed by atoms with Crippen LogP contribution in [0.15, 0.2) is 51.0 Å². The van der Waals surface area contributed by atoms with Gasteiger partial charge in [0.25, 0.3) is 5.69 Å². The topological polar surface area (TPSA) is 198 Å². The minimum Gasteiger partial charge on any atom is -0.318 e. The highest BCUT2D eigenvalue weighted by molar-refractivity contribution is 6.48. The van der Waals surface area contributed by atoms with Crippen LogP contribution in [-0.4, -0.2) is 51.6 Å². The molecule has 4 fully saturated rings. The largest absolute Gasteiger partial charge is 0.338 e. The molecule has 15 nitrogen and oxygen atoms in total. The Morgan fingerprint density at radius 1 is 0.545 bits per heavy atom. The normalized spacial score (nSPS) is 20.2. The Morgan fingerprint density at radius 2 is 0.909 bits per heavy atom. The van der Waals surface area contributed by atoms with E-state index in [0.717, 1.165) is 108 Å². The maximum absolute atomic E-state index is 13.3. The van der Waals surface area contributed by atoms with Crippen molar-refractivity contribution in [2.75, 3.05) is 0 Å². The smallest absolute Gasteiger partial charge is 0.318 e. The highest BCUT2D eigenvalue weighted by Gasteiger charge is 2.45. The van der Waals surface area contributed by atoms with Crippen molar-refractivity contribution in [3.05, 3.63) is 62.7 Å². The molecule has 0 radical (unpaired) electrons. The van der Waals surface area contributed by atoms with E-state index in [9.17, 15) is 29.3 Å². The van der Waals surface area contributed by atoms with Crippen molar-refractivity contribution in [1.82, 2.24) is 0 Å². The van der Waals surface area contributed by atoms with Crippen molar-refractivity contribution in [2.45, 2.75) is 174 Å². The van der Waals surface area contributed by atoms with E-state index in [1.54, 1.807) is 26.0 Å². The number of hydrogen-bond donors (Lipinski definition) is 0. The molecule has 0 spiro atoms. The Kier molecular flexibility index (Phi) is 16.3. The summed E-state index contributed by atoms with van der Waals surface area (Å²) in [7, 11) is 0. The van der Waals surface area contributed by atoms with Crippen LogP contribution in [0.3, 0.4) is 0 Å². The Morgan fingerprint density at radius 3 is 1.29 bits per heavy atom. The molecule has 0 unspecified atom stereocenters.